The molecule has 0 aliphatic carbocycles. The highest BCUT2D eigenvalue weighted by Crippen LogP contribution is 2.39. The molecule has 1 aliphatic heterocycles. The highest BCUT2D eigenvalue weighted by molar-refractivity contribution is 7.10. The Balaban J connectivity index is 1.53. The Hall–Kier alpha value is -2.31. The fourth-order valence-electron chi connectivity index (χ4n) is 3.74. The Morgan fingerprint density at radius 1 is 1.11 bits per heavy atom. The monoisotopic (exact) mass is 413 g/mol. The summed E-state index contributed by atoms with van der Waals surface area (Å²) in [6.45, 7) is 0.774. The van der Waals surface area contributed by atoms with E-state index in [-0.39, 0.29) is 11.9 Å². The predicted octanol–water partition coefficient (Wildman–Crippen LogP) is 4.93. The minimum Gasteiger partial charge on any atom is -0.497 e. The zero-order chi connectivity index (χ0) is 19.5. The lowest BCUT2D eigenvalue weighted by Gasteiger charge is -2.35. The maximum Gasteiger partial charge on any atom is 0.223 e. The first kappa shape index (κ1) is 19.0. The Bertz CT molecular complexity index is 926. The zero-order valence-corrected chi connectivity index (χ0v) is 17.6. The smallest absolute Gasteiger partial charge is 0.223 e. The van der Waals surface area contributed by atoms with Crippen molar-refractivity contribution in [3.63, 3.8) is 0 Å². The summed E-state index contributed by atoms with van der Waals surface area (Å²) in [5, 5.41) is 4.23. The summed E-state index contributed by atoms with van der Waals surface area (Å²) in [5.74, 6) is 1.69. The molecule has 0 spiro atoms. The van der Waals surface area contributed by atoms with Crippen molar-refractivity contribution in [3.05, 3.63) is 68.0 Å². The largest absolute Gasteiger partial charge is 0.497 e. The van der Waals surface area contributed by atoms with E-state index in [1.807, 2.05) is 18.2 Å². The molecular weight excluding hydrogens is 390 g/mol. The molecule has 0 radical (unpaired) electrons. The summed E-state index contributed by atoms with van der Waals surface area (Å²) >= 11 is 3.52. The highest BCUT2D eigenvalue weighted by atomic mass is 32.1. The summed E-state index contributed by atoms with van der Waals surface area (Å²) in [4.78, 5) is 17.9. The topological polar surface area (TPSA) is 38.8 Å². The minimum atomic E-state index is 0.0438. The van der Waals surface area contributed by atoms with Gasteiger partial charge in [0.25, 0.3) is 0 Å². The molecule has 4 nitrogen and oxygen atoms in total. The Kier molecular flexibility index (Phi) is 5.69. The summed E-state index contributed by atoms with van der Waals surface area (Å²) in [5.41, 5.74) is 2.33. The van der Waals surface area contributed by atoms with Gasteiger partial charge in [0.1, 0.15) is 11.5 Å². The second kappa shape index (κ2) is 8.37. The van der Waals surface area contributed by atoms with Crippen molar-refractivity contribution >= 4 is 28.6 Å². The van der Waals surface area contributed by atoms with Crippen LogP contribution >= 0.6 is 22.7 Å². The predicted molar refractivity (Wildman–Crippen MR) is 114 cm³/mol. The van der Waals surface area contributed by atoms with Crippen LogP contribution in [0.15, 0.2) is 47.2 Å². The van der Waals surface area contributed by atoms with Gasteiger partial charge in [0.15, 0.2) is 0 Å². The fourth-order valence-corrected chi connectivity index (χ4v) is 5.50. The zero-order valence-electron chi connectivity index (χ0n) is 16.0. The summed E-state index contributed by atoms with van der Waals surface area (Å²) < 4.78 is 10.7. The third-order valence-corrected chi connectivity index (χ3v) is 7.06. The van der Waals surface area contributed by atoms with E-state index in [0.29, 0.717) is 12.8 Å². The lowest BCUT2D eigenvalue weighted by atomic mass is 9.97. The van der Waals surface area contributed by atoms with Crippen LogP contribution in [0.4, 0.5) is 0 Å². The van der Waals surface area contributed by atoms with Crippen molar-refractivity contribution < 1.29 is 14.3 Å². The third-order valence-electron chi connectivity index (χ3n) is 5.14. The maximum absolute atomic E-state index is 13.2. The van der Waals surface area contributed by atoms with Crippen LogP contribution in [-0.4, -0.2) is 31.6 Å². The number of rotatable bonds is 6. The van der Waals surface area contributed by atoms with E-state index in [9.17, 15) is 4.79 Å². The van der Waals surface area contributed by atoms with Gasteiger partial charge in [-0.3, -0.25) is 4.79 Å². The van der Waals surface area contributed by atoms with Gasteiger partial charge in [0.2, 0.25) is 5.91 Å². The van der Waals surface area contributed by atoms with E-state index in [4.69, 9.17) is 9.47 Å². The molecule has 1 amide bonds. The van der Waals surface area contributed by atoms with Crippen molar-refractivity contribution in [2.45, 2.75) is 25.3 Å². The van der Waals surface area contributed by atoms with Gasteiger partial charge in [-0.2, -0.15) is 0 Å². The molecular formula is C22H23NO3S2. The molecule has 3 heterocycles. The third kappa shape index (κ3) is 3.80. The van der Waals surface area contributed by atoms with Crippen molar-refractivity contribution in [3.8, 4) is 11.5 Å². The van der Waals surface area contributed by atoms with Gasteiger partial charge in [-0.25, -0.2) is 0 Å². The second-order valence-electron chi connectivity index (χ2n) is 6.78. The Morgan fingerprint density at radius 3 is 2.57 bits per heavy atom. The molecule has 4 rings (SSSR count). The summed E-state index contributed by atoms with van der Waals surface area (Å²) in [7, 11) is 3.28. The van der Waals surface area contributed by atoms with Gasteiger partial charge in [0.05, 0.1) is 20.3 Å². The number of carbonyl (C=O) groups is 1. The molecule has 146 valence electrons. The van der Waals surface area contributed by atoms with Crippen LogP contribution in [0.2, 0.25) is 0 Å². The van der Waals surface area contributed by atoms with Crippen LogP contribution in [0.1, 0.15) is 33.3 Å². The Morgan fingerprint density at radius 2 is 1.89 bits per heavy atom. The number of hydrogen-bond acceptors (Lipinski definition) is 5. The molecule has 0 saturated heterocycles. The highest BCUT2D eigenvalue weighted by Gasteiger charge is 2.33. The van der Waals surface area contributed by atoms with Crippen molar-refractivity contribution in [2.24, 2.45) is 0 Å². The van der Waals surface area contributed by atoms with Gasteiger partial charge in [-0.1, -0.05) is 6.07 Å². The molecule has 28 heavy (non-hydrogen) atoms. The van der Waals surface area contributed by atoms with Gasteiger partial charge >= 0.3 is 0 Å². The van der Waals surface area contributed by atoms with Crippen LogP contribution in [0.3, 0.4) is 0 Å². The molecule has 6 heteroatoms. The molecule has 3 aromatic rings. The number of hydrogen-bond donors (Lipinski definition) is 0. The average Bonchev–Trinajstić information content (AvgIpc) is 3.42. The van der Waals surface area contributed by atoms with E-state index >= 15 is 0 Å². The maximum atomic E-state index is 13.2. The number of ether oxygens (including phenoxy) is 2. The molecule has 1 aliphatic rings. The van der Waals surface area contributed by atoms with E-state index in [2.05, 4.69) is 33.9 Å². The molecule has 1 aromatic carbocycles. The van der Waals surface area contributed by atoms with Crippen molar-refractivity contribution in [1.82, 2.24) is 4.90 Å². The van der Waals surface area contributed by atoms with E-state index < -0.39 is 0 Å². The Labute approximate surface area is 173 Å². The average molecular weight is 414 g/mol. The molecule has 0 N–H and O–H groups in total. The SMILES string of the molecule is COc1cc(CCC(=O)N2CCc3sccc3C2c2cccs2)cc(OC)c1. The molecule has 0 bridgehead atoms. The standard InChI is InChI=1S/C22H23NO3S2/c1-25-16-12-15(13-17(14-16)26-2)5-6-21(24)23-9-7-19-18(8-11-28-19)22(23)20-4-3-10-27-20/h3-4,8,10-14,22H,5-7,9H2,1-2H3. The molecule has 0 fully saturated rings. The second-order valence-corrected chi connectivity index (χ2v) is 8.76. The molecule has 2 aromatic heterocycles. The number of amides is 1. The number of fused-ring (bicyclic) bond motifs is 1. The van der Waals surface area contributed by atoms with E-state index in [0.717, 1.165) is 30.0 Å². The van der Waals surface area contributed by atoms with Gasteiger partial charge < -0.3 is 14.4 Å². The van der Waals surface area contributed by atoms with Crippen LogP contribution in [0, 0.1) is 0 Å². The lowest BCUT2D eigenvalue weighted by Crippen LogP contribution is -2.39. The molecule has 1 atom stereocenters. The normalized spacial score (nSPS) is 15.9. The van der Waals surface area contributed by atoms with E-state index in [1.54, 1.807) is 36.9 Å². The van der Waals surface area contributed by atoms with Crippen LogP contribution in [0.25, 0.3) is 0 Å². The number of methoxy groups -OCH3 is 2. The number of benzene rings is 1. The first-order valence-corrected chi connectivity index (χ1v) is 11.1. The fraction of sp³-hybridized carbons (Fsp3) is 0.318. The number of aryl methyl sites for hydroxylation is 1. The number of thiophene rings is 2. The van der Waals surface area contributed by atoms with Crippen LogP contribution in [-0.2, 0) is 17.6 Å². The lowest BCUT2D eigenvalue weighted by molar-refractivity contribution is -0.133. The summed E-state index contributed by atoms with van der Waals surface area (Å²) in [6.07, 6.45) is 2.07. The van der Waals surface area contributed by atoms with Crippen molar-refractivity contribution in [2.75, 3.05) is 20.8 Å². The first-order chi connectivity index (χ1) is 13.7. The minimum absolute atomic E-state index is 0.0438. The van der Waals surface area contributed by atoms with Crippen LogP contribution in [0.5, 0.6) is 11.5 Å². The van der Waals surface area contributed by atoms with E-state index in [1.165, 1.54) is 15.3 Å². The van der Waals surface area contributed by atoms with Gasteiger partial charge in [-0.05, 0) is 59.0 Å². The summed E-state index contributed by atoms with van der Waals surface area (Å²) in [6, 6.07) is 12.2. The number of nitrogens with zero attached hydrogens (tertiary/aromatic N) is 1. The quantitative estimate of drug-likeness (QED) is 0.575. The molecule has 0 saturated carbocycles. The number of carbonyl (C=O) groups excluding carboxylic acids is 1. The van der Waals surface area contributed by atoms with Crippen molar-refractivity contribution in [1.29, 1.82) is 0 Å². The first-order valence-electron chi connectivity index (χ1n) is 9.30. The molecule has 1 unspecified atom stereocenters. The van der Waals surface area contributed by atoms with Gasteiger partial charge in [-0.15, -0.1) is 22.7 Å². The van der Waals surface area contributed by atoms with Crippen LogP contribution < -0.4 is 9.47 Å². The van der Waals surface area contributed by atoms with Gasteiger partial charge in [0, 0.05) is 28.8 Å².